The SMILES string of the molecule is OCC(CCC1CCCO1)c1ccccc1. The minimum absolute atomic E-state index is 0.233. The fourth-order valence-corrected chi connectivity index (χ4v) is 2.35. The van der Waals surface area contributed by atoms with Crippen molar-refractivity contribution in [3.05, 3.63) is 35.9 Å². The lowest BCUT2D eigenvalue weighted by Gasteiger charge is -2.16. The van der Waals surface area contributed by atoms with E-state index in [0.717, 1.165) is 19.4 Å². The molecule has 2 nitrogen and oxygen atoms in total. The molecular weight excluding hydrogens is 200 g/mol. The van der Waals surface area contributed by atoms with Crippen LogP contribution in [0.4, 0.5) is 0 Å². The number of benzene rings is 1. The molecule has 1 fully saturated rings. The van der Waals surface area contributed by atoms with E-state index in [4.69, 9.17) is 4.74 Å². The van der Waals surface area contributed by atoms with Crippen molar-refractivity contribution in [3.8, 4) is 0 Å². The molecule has 2 unspecified atom stereocenters. The van der Waals surface area contributed by atoms with E-state index in [2.05, 4.69) is 12.1 Å². The van der Waals surface area contributed by atoms with Gasteiger partial charge in [0.1, 0.15) is 0 Å². The number of hydrogen-bond acceptors (Lipinski definition) is 2. The van der Waals surface area contributed by atoms with Crippen molar-refractivity contribution >= 4 is 0 Å². The largest absolute Gasteiger partial charge is 0.396 e. The maximum Gasteiger partial charge on any atom is 0.0576 e. The second kappa shape index (κ2) is 6.02. The lowest BCUT2D eigenvalue weighted by molar-refractivity contribution is 0.0981. The van der Waals surface area contributed by atoms with Crippen molar-refractivity contribution in [1.29, 1.82) is 0 Å². The van der Waals surface area contributed by atoms with Crippen molar-refractivity contribution in [1.82, 2.24) is 0 Å². The van der Waals surface area contributed by atoms with Gasteiger partial charge >= 0.3 is 0 Å². The smallest absolute Gasteiger partial charge is 0.0576 e. The van der Waals surface area contributed by atoms with Crippen molar-refractivity contribution in [2.24, 2.45) is 0 Å². The molecule has 1 N–H and O–H groups in total. The summed E-state index contributed by atoms with van der Waals surface area (Å²) in [7, 11) is 0. The van der Waals surface area contributed by atoms with E-state index in [1.807, 2.05) is 18.2 Å². The highest BCUT2D eigenvalue weighted by Gasteiger charge is 2.18. The van der Waals surface area contributed by atoms with E-state index >= 15 is 0 Å². The van der Waals surface area contributed by atoms with E-state index < -0.39 is 0 Å². The van der Waals surface area contributed by atoms with Gasteiger partial charge < -0.3 is 9.84 Å². The number of aliphatic hydroxyl groups excluding tert-OH is 1. The molecule has 0 spiro atoms. The monoisotopic (exact) mass is 220 g/mol. The highest BCUT2D eigenvalue weighted by atomic mass is 16.5. The van der Waals surface area contributed by atoms with Crippen molar-refractivity contribution in [3.63, 3.8) is 0 Å². The molecule has 0 amide bonds. The molecule has 2 atom stereocenters. The molecule has 2 rings (SSSR count). The zero-order valence-corrected chi connectivity index (χ0v) is 9.64. The molecule has 16 heavy (non-hydrogen) atoms. The summed E-state index contributed by atoms with van der Waals surface area (Å²) < 4.78 is 5.60. The Labute approximate surface area is 97.3 Å². The van der Waals surface area contributed by atoms with E-state index in [1.165, 1.54) is 18.4 Å². The summed E-state index contributed by atoms with van der Waals surface area (Å²) in [5.41, 5.74) is 1.24. The Morgan fingerprint density at radius 2 is 2.12 bits per heavy atom. The van der Waals surface area contributed by atoms with Gasteiger partial charge in [-0.2, -0.15) is 0 Å². The Balaban J connectivity index is 1.85. The third-order valence-corrected chi connectivity index (χ3v) is 3.35. The third-order valence-electron chi connectivity index (χ3n) is 3.35. The first-order valence-electron chi connectivity index (χ1n) is 6.17. The molecule has 1 aliphatic rings. The van der Waals surface area contributed by atoms with E-state index in [9.17, 15) is 5.11 Å². The van der Waals surface area contributed by atoms with Crippen LogP contribution >= 0.6 is 0 Å². The molecule has 1 saturated heterocycles. The van der Waals surface area contributed by atoms with Crippen LogP contribution in [-0.2, 0) is 4.74 Å². The number of hydrogen-bond donors (Lipinski definition) is 1. The second-order valence-corrected chi connectivity index (χ2v) is 4.50. The maximum atomic E-state index is 9.41. The van der Waals surface area contributed by atoms with E-state index in [-0.39, 0.29) is 12.5 Å². The van der Waals surface area contributed by atoms with Gasteiger partial charge in [-0.25, -0.2) is 0 Å². The minimum Gasteiger partial charge on any atom is -0.396 e. The van der Waals surface area contributed by atoms with Gasteiger partial charge in [-0.1, -0.05) is 30.3 Å². The summed E-state index contributed by atoms with van der Waals surface area (Å²) >= 11 is 0. The Morgan fingerprint density at radius 3 is 2.75 bits per heavy atom. The Kier molecular flexibility index (Phi) is 4.37. The molecule has 1 aromatic rings. The third kappa shape index (κ3) is 3.06. The zero-order valence-electron chi connectivity index (χ0n) is 9.64. The van der Waals surface area contributed by atoms with Crippen LogP contribution in [0.25, 0.3) is 0 Å². The number of rotatable bonds is 5. The fourth-order valence-electron chi connectivity index (χ4n) is 2.35. The van der Waals surface area contributed by atoms with Gasteiger partial charge in [0.05, 0.1) is 6.10 Å². The summed E-state index contributed by atoms with van der Waals surface area (Å²) in [4.78, 5) is 0. The average molecular weight is 220 g/mol. The second-order valence-electron chi connectivity index (χ2n) is 4.50. The summed E-state index contributed by atoms with van der Waals surface area (Å²) in [5, 5.41) is 9.41. The minimum atomic E-state index is 0.233. The molecule has 0 aliphatic carbocycles. The van der Waals surface area contributed by atoms with Crippen LogP contribution in [0.5, 0.6) is 0 Å². The van der Waals surface area contributed by atoms with Crippen LogP contribution in [0.2, 0.25) is 0 Å². The first-order valence-corrected chi connectivity index (χ1v) is 6.17. The predicted octanol–water partition coefficient (Wildman–Crippen LogP) is 2.72. The van der Waals surface area contributed by atoms with Crippen molar-refractivity contribution in [2.75, 3.05) is 13.2 Å². The molecule has 0 aromatic heterocycles. The van der Waals surface area contributed by atoms with E-state index in [0.29, 0.717) is 6.10 Å². The molecule has 0 radical (unpaired) electrons. The molecule has 0 saturated carbocycles. The van der Waals surface area contributed by atoms with Crippen LogP contribution in [0.3, 0.4) is 0 Å². The highest BCUT2D eigenvalue weighted by molar-refractivity contribution is 5.19. The maximum absolute atomic E-state index is 9.41. The molecule has 1 aromatic carbocycles. The normalized spacial score (nSPS) is 22.2. The summed E-state index contributed by atoms with van der Waals surface area (Å²) in [6.45, 7) is 1.15. The number of ether oxygens (including phenoxy) is 1. The zero-order chi connectivity index (χ0) is 11.2. The van der Waals surface area contributed by atoms with Gasteiger partial charge in [0, 0.05) is 19.1 Å². The quantitative estimate of drug-likeness (QED) is 0.826. The summed E-state index contributed by atoms with van der Waals surface area (Å²) in [6.07, 6.45) is 4.90. The van der Waals surface area contributed by atoms with Gasteiger partial charge in [-0.3, -0.25) is 0 Å². The Morgan fingerprint density at radius 1 is 1.31 bits per heavy atom. The van der Waals surface area contributed by atoms with Gasteiger partial charge in [-0.15, -0.1) is 0 Å². The molecule has 1 heterocycles. The molecule has 1 aliphatic heterocycles. The first-order chi connectivity index (χ1) is 7.90. The van der Waals surface area contributed by atoms with Crippen LogP contribution in [0.1, 0.15) is 37.2 Å². The van der Waals surface area contributed by atoms with Crippen LogP contribution in [0, 0.1) is 0 Å². The van der Waals surface area contributed by atoms with Gasteiger partial charge in [-0.05, 0) is 31.2 Å². The van der Waals surface area contributed by atoms with Gasteiger partial charge in [0.15, 0.2) is 0 Å². The van der Waals surface area contributed by atoms with Gasteiger partial charge in [0.25, 0.3) is 0 Å². The standard InChI is InChI=1S/C14H20O2/c15-11-13(12-5-2-1-3-6-12)8-9-14-7-4-10-16-14/h1-3,5-6,13-15H,4,7-11H2. The van der Waals surface area contributed by atoms with Crippen LogP contribution in [0.15, 0.2) is 30.3 Å². The van der Waals surface area contributed by atoms with Crippen molar-refractivity contribution in [2.45, 2.75) is 37.7 Å². The van der Waals surface area contributed by atoms with E-state index in [1.54, 1.807) is 0 Å². The summed E-state index contributed by atoms with van der Waals surface area (Å²) in [5.74, 6) is 0.269. The average Bonchev–Trinajstić information content (AvgIpc) is 2.84. The Hall–Kier alpha value is -0.860. The Bertz CT molecular complexity index is 291. The lowest BCUT2D eigenvalue weighted by Crippen LogP contribution is -2.10. The summed E-state index contributed by atoms with van der Waals surface area (Å²) in [6, 6.07) is 10.3. The fraction of sp³-hybridized carbons (Fsp3) is 0.571. The molecule has 88 valence electrons. The molecule has 2 heteroatoms. The van der Waals surface area contributed by atoms with Crippen molar-refractivity contribution < 1.29 is 9.84 Å². The molecular formula is C14H20O2. The number of aliphatic hydroxyl groups is 1. The highest BCUT2D eigenvalue weighted by Crippen LogP contribution is 2.25. The lowest BCUT2D eigenvalue weighted by atomic mass is 9.93. The van der Waals surface area contributed by atoms with Crippen LogP contribution in [-0.4, -0.2) is 24.4 Å². The van der Waals surface area contributed by atoms with Crippen LogP contribution < -0.4 is 0 Å². The predicted molar refractivity (Wildman–Crippen MR) is 64.5 cm³/mol. The van der Waals surface area contributed by atoms with Gasteiger partial charge in [0.2, 0.25) is 0 Å². The topological polar surface area (TPSA) is 29.5 Å². The first kappa shape index (κ1) is 11.6. The molecule has 0 bridgehead atoms.